The molecule has 0 spiro atoms. The lowest BCUT2D eigenvalue weighted by molar-refractivity contribution is -0.141. The average molecular weight is 359 g/mol. The molecule has 1 N–H and O–H groups in total. The standard InChI is InChI=1S/C12H11BrN2O4S/c1-19-11(18)5-15-9-3-2-7(13)4-8(9)14-12(15)20-6-10(16)17/h2-4H,5-6H2,1H3,(H,16,17). The second-order valence-corrected chi connectivity index (χ2v) is 5.73. The molecule has 8 heteroatoms. The fourth-order valence-electron chi connectivity index (χ4n) is 1.66. The van der Waals surface area contributed by atoms with Gasteiger partial charge in [-0.05, 0) is 18.2 Å². The summed E-state index contributed by atoms with van der Waals surface area (Å²) < 4.78 is 7.17. The molecular formula is C12H11BrN2O4S. The van der Waals surface area contributed by atoms with E-state index in [0.717, 1.165) is 21.8 Å². The Labute approximate surface area is 127 Å². The monoisotopic (exact) mass is 358 g/mol. The van der Waals surface area contributed by atoms with Gasteiger partial charge < -0.3 is 14.4 Å². The van der Waals surface area contributed by atoms with Crippen molar-refractivity contribution in [2.24, 2.45) is 0 Å². The van der Waals surface area contributed by atoms with Crippen molar-refractivity contribution in [2.75, 3.05) is 12.9 Å². The van der Waals surface area contributed by atoms with Crippen LogP contribution in [0, 0.1) is 0 Å². The molecule has 0 saturated heterocycles. The highest BCUT2D eigenvalue weighted by Crippen LogP contribution is 2.26. The minimum atomic E-state index is -0.937. The van der Waals surface area contributed by atoms with Gasteiger partial charge in [0, 0.05) is 4.47 Å². The second-order valence-electron chi connectivity index (χ2n) is 3.87. The number of carbonyl (C=O) groups is 2. The van der Waals surface area contributed by atoms with Crippen molar-refractivity contribution in [1.82, 2.24) is 9.55 Å². The molecular weight excluding hydrogens is 348 g/mol. The van der Waals surface area contributed by atoms with Gasteiger partial charge in [-0.1, -0.05) is 27.7 Å². The maximum absolute atomic E-state index is 11.5. The molecule has 0 radical (unpaired) electrons. The zero-order valence-electron chi connectivity index (χ0n) is 10.5. The van der Waals surface area contributed by atoms with Crippen molar-refractivity contribution in [3.63, 3.8) is 0 Å². The number of thioether (sulfide) groups is 1. The lowest BCUT2D eigenvalue weighted by atomic mass is 10.3. The fourth-order valence-corrected chi connectivity index (χ4v) is 2.75. The number of aliphatic carboxylic acids is 1. The van der Waals surface area contributed by atoms with Crippen LogP contribution in [0.15, 0.2) is 27.8 Å². The van der Waals surface area contributed by atoms with Crippen molar-refractivity contribution in [2.45, 2.75) is 11.7 Å². The minimum absolute atomic E-state index is 0.00339. The number of esters is 1. The maximum Gasteiger partial charge on any atom is 0.325 e. The van der Waals surface area contributed by atoms with E-state index in [0.29, 0.717) is 10.7 Å². The number of methoxy groups -OCH3 is 1. The molecule has 1 aromatic heterocycles. The Morgan fingerprint density at radius 2 is 2.25 bits per heavy atom. The van der Waals surface area contributed by atoms with Gasteiger partial charge in [0.15, 0.2) is 5.16 Å². The summed E-state index contributed by atoms with van der Waals surface area (Å²) in [7, 11) is 1.31. The third kappa shape index (κ3) is 3.31. The van der Waals surface area contributed by atoms with Crippen LogP contribution in [0.1, 0.15) is 0 Å². The molecule has 0 aliphatic rings. The zero-order valence-corrected chi connectivity index (χ0v) is 12.9. The number of carboxylic acid groups (broad SMARTS) is 1. The average Bonchev–Trinajstić information content (AvgIpc) is 2.73. The van der Waals surface area contributed by atoms with Gasteiger partial charge in [0.05, 0.1) is 23.9 Å². The summed E-state index contributed by atoms with van der Waals surface area (Å²) in [5.41, 5.74) is 1.45. The predicted octanol–water partition coefficient (Wildman–Crippen LogP) is 2.15. The first-order chi connectivity index (χ1) is 9.51. The number of carboxylic acids is 1. The van der Waals surface area contributed by atoms with Gasteiger partial charge in [0.2, 0.25) is 0 Å². The summed E-state index contributed by atoms with van der Waals surface area (Å²) in [5.74, 6) is -1.47. The van der Waals surface area contributed by atoms with Crippen LogP contribution in [0.2, 0.25) is 0 Å². The topological polar surface area (TPSA) is 81.4 Å². The Morgan fingerprint density at radius 3 is 2.90 bits per heavy atom. The fraction of sp³-hybridized carbons (Fsp3) is 0.250. The summed E-state index contributed by atoms with van der Waals surface area (Å²) in [5, 5.41) is 9.23. The van der Waals surface area contributed by atoms with Gasteiger partial charge in [0.25, 0.3) is 0 Å². The number of halogens is 1. The number of aromatic nitrogens is 2. The van der Waals surface area contributed by atoms with Crippen LogP contribution in [0.3, 0.4) is 0 Å². The van der Waals surface area contributed by atoms with E-state index < -0.39 is 11.9 Å². The minimum Gasteiger partial charge on any atom is -0.481 e. The Morgan fingerprint density at radius 1 is 1.50 bits per heavy atom. The van der Waals surface area contributed by atoms with Crippen molar-refractivity contribution >= 4 is 50.7 Å². The molecule has 106 valence electrons. The summed E-state index contributed by atoms with van der Waals surface area (Å²) in [6, 6.07) is 5.47. The Bertz CT molecular complexity index is 671. The Kier molecular flexibility index (Phi) is 4.66. The first-order valence-corrected chi connectivity index (χ1v) is 7.36. The van der Waals surface area contributed by atoms with Crippen LogP contribution in [0.25, 0.3) is 11.0 Å². The highest BCUT2D eigenvalue weighted by Gasteiger charge is 2.15. The number of rotatable bonds is 5. The molecule has 0 fully saturated rings. The molecule has 0 bridgehead atoms. The first-order valence-electron chi connectivity index (χ1n) is 5.58. The number of benzene rings is 1. The molecule has 20 heavy (non-hydrogen) atoms. The van der Waals surface area contributed by atoms with E-state index in [4.69, 9.17) is 5.11 Å². The third-order valence-corrected chi connectivity index (χ3v) is 3.97. The smallest absolute Gasteiger partial charge is 0.325 e. The van der Waals surface area contributed by atoms with Gasteiger partial charge >= 0.3 is 11.9 Å². The Hall–Kier alpha value is -1.54. The van der Waals surface area contributed by atoms with Crippen molar-refractivity contribution in [1.29, 1.82) is 0 Å². The molecule has 0 unspecified atom stereocenters. The number of carbonyl (C=O) groups excluding carboxylic acids is 1. The highest BCUT2D eigenvalue weighted by molar-refractivity contribution is 9.10. The van der Waals surface area contributed by atoms with Gasteiger partial charge in [-0.3, -0.25) is 9.59 Å². The molecule has 0 atom stereocenters. The maximum atomic E-state index is 11.5. The van der Waals surface area contributed by atoms with Crippen molar-refractivity contribution in [3.8, 4) is 0 Å². The number of imidazole rings is 1. The van der Waals surface area contributed by atoms with E-state index in [-0.39, 0.29) is 12.3 Å². The molecule has 1 aromatic carbocycles. The van der Waals surface area contributed by atoms with Crippen LogP contribution >= 0.6 is 27.7 Å². The lowest BCUT2D eigenvalue weighted by Gasteiger charge is -2.06. The van der Waals surface area contributed by atoms with Crippen molar-refractivity contribution < 1.29 is 19.4 Å². The summed E-state index contributed by atoms with van der Waals surface area (Å²) in [6.07, 6.45) is 0. The molecule has 0 aliphatic carbocycles. The molecule has 0 saturated carbocycles. The molecule has 6 nitrogen and oxygen atoms in total. The molecule has 0 amide bonds. The van der Waals surface area contributed by atoms with E-state index in [9.17, 15) is 9.59 Å². The van der Waals surface area contributed by atoms with Crippen LogP contribution < -0.4 is 0 Å². The highest BCUT2D eigenvalue weighted by atomic mass is 79.9. The van der Waals surface area contributed by atoms with Gasteiger partial charge in [-0.15, -0.1) is 0 Å². The summed E-state index contributed by atoms with van der Waals surface area (Å²) in [4.78, 5) is 26.5. The SMILES string of the molecule is COC(=O)Cn1c(SCC(=O)O)nc2cc(Br)ccc21. The van der Waals surface area contributed by atoms with Crippen LogP contribution in [-0.2, 0) is 20.9 Å². The molecule has 0 aliphatic heterocycles. The Balaban J connectivity index is 2.44. The molecule has 1 heterocycles. The lowest BCUT2D eigenvalue weighted by Crippen LogP contribution is -2.12. The number of fused-ring (bicyclic) bond motifs is 1. The van der Waals surface area contributed by atoms with E-state index in [1.165, 1.54) is 7.11 Å². The largest absolute Gasteiger partial charge is 0.481 e. The van der Waals surface area contributed by atoms with E-state index in [1.807, 2.05) is 18.2 Å². The first kappa shape index (κ1) is 14.9. The predicted molar refractivity (Wildman–Crippen MR) is 77.8 cm³/mol. The van der Waals surface area contributed by atoms with E-state index in [2.05, 4.69) is 25.7 Å². The van der Waals surface area contributed by atoms with Crippen LogP contribution in [-0.4, -0.2) is 39.5 Å². The number of ether oxygens (including phenoxy) is 1. The van der Waals surface area contributed by atoms with E-state index in [1.54, 1.807) is 4.57 Å². The van der Waals surface area contributed by atoms with E-state index >= 15 is 0 Å². The second kappa shape index (κ2) is 6.27. The summed E-state index contributed by atoms with van der Waals surface area (Å²) >= 11 is 4.42. The summed E-state index contributed by atoms with van der Waals surface area (Å²) in [6.45, 7) is -0.00339. The van der Waals surface area contributed by atoms with Crippen LogP contribution in [0.4, 0.5) is 0 Å². The van der Waals surface area contributed by atoms with Gasteiger partial charge in [-0.25, -0.2) is 4.98 Å². The quantitative estimate of drug-likeness (QED) is 0.651. The van der Waals surface area contributed by atoms with Gasteiger partial charge in [-0.2, -0.15) is 0 Å². The normalized spacial score (nSPS) is 10.7. The molecule has 2 aromatic rings. The van der Waals surface area contributed by atoms with Crippen molar-refractivity contribution in [3.05, 3.63) is 22.7 Å². The number of nitrogens with zero attached hydrogens (tertiary/aromatic N) is 2. The molecule has 2 rings (SSSR count). The zero-order chi connectivity index (χ0) is 14.7. The third-order valence-electron chi connectivity index (χ3n) is 2.51. The van der Waals surface area contributed by atoms with Gasteiger partial charge in [0.1, 0.15) is 6.54 Å². The number of hydrogen-bond acceptors (Lipinski definition) is 5. The number of hydrogen-bond donors (Lipinski definition) is 1. The van der Waals surface area contributed by atoms with Crippen LogP contribution in [0.5, 0.6) is 0 Å².